The van der Waals surface area contributed by atoms with Gasteiger partial charge in [0.05, 0.1) is 23.8 Å². The Hall–Kier alpha value is -2.59. The molecule has 2 atom stereocenters. The van der Waals surface area contributed by atoms with Gasteiger partial charge in [0.25, 0.3) is 0 Å². The van der Waals surface area contributed by atoms with E-state index < -0.39 is 0 Å². The van der Waals surface area contributed by atoms with E-state index in [4.69, 9.17) is 0 Å². The lowest BCUT2D eigenvalue weighted by Gasteiger charge is -2.30. The molecular weight excluding hydrogens is 314 g/mol. The Morgan fingerprint density at radius 1 is 0.958 bits per heavy atom. The predicted molar refractivity (Wildman–Crippen MR) is 102 cm³/mol. The minimum Gasteiger partial charge on any atom is -0.329 e. The molecule has 2 unspecified atom stereocenters. The third-order valence-corrected chi connectivity index (χ3v) is 6.14. The molecule has 0 aliphatic carbocycles. The molecule has 24 heavy (non-hydrogen) atoms. The molecule has 0 bridgehead atoms. The molecule has 120 valence electrons. The summed E-state index contributed by atoms with van der Waals surface area (Å²) in [6, 6.07) is 21.5. The van der Waals surface area contributed by atoms with Crippen LogP contribution in [-0.4, -0.2) is 14.9 Å². The first kappa shape index (κ1) is 15.0. The highest BCUT2D eigenvalue weighted by atomic mass is 32.2. The number of benzene rings is 2. The van der Waals surface area contributed by atoms with Gasteiger partial charge in [0.15, 0.2) is 0 Å². The molecule has 3 aromatic rings. The average molecular weight is 333 g/mol. The third-order valence-electron chi connectivity index (χ3n) is 4.17. The number of rotatable bonds is 4. The summed E-state index contributed by atoms with van der Waals surface area (Å²) in [6.45, 7) is 2.22. The van der Waals surface area contributed by atoms with E-state index >= 15 is 0 Å². The Kier molecular flexibility index (Phi) is 4.05. The zero-order valence-corrected chi connectivity index (χ0v) is 14.3. The molecule has 0 amide bonds. The lowest BCUT2D eigenvalue weighted by atomic mass is 10.2. The molecule has 0 N–H and O–H groups in total. The zero-order valence-electron chi connectivity index (χ0n) is 13.5. The van der Waals surface area contributed by atoms with Gasteiger partial charge < -0.3 is 4.57 Å². The first-order valence-corrected chi connectivity index (χ1v) is 9.25. The lowest BCUT2D eigenvalue weighted by Crippen LogP contribution is -2.20. The lowest BCUT2D eigenvalue weighted by molar-refractivity contribution is 0.622. The van der Waals surface area contributed by atoms with Crippen LogP contribution in [-0.2, 0) is 0 Å². The SMILES string of the molecule is CC(C1=CC=S(c2ccccc2)N1c1ccccc1)n1ccnc1. The molecule has 1 aromatic heterocycles. The van der Waals surface area contributed by atoms with Gasteiger partial charge in [0.2, 0.25) is 0 Å². The van der Waals surface area contributed by atoms with Crippen molar-refractivity contribution in [3.05, 3.63) is 91.2 Å². The summed E-state index contributed by atoms with van der Waals surface area (Å²) in [7, 11) is -0.110. The topological polar surface area (TPSA) is 21.1 Å². The minimum atomic E-state index is -0.110. The van der Waals surface area contributed by atoms with Crippen molar-refractivity contribution in [2.75, 3.05) is 4.31 Å². The molecule has 0 saturated heterocycles. The minimum absolute atomic E-state index is 0.110. The number of anilines is 1. The summed E-state index contributed by atoms with van der Waals surface area (Å²) < 4.78 is 4.59. The second-order valence-electron chi connectivity index (χ2n) is 5.67. The number of para-hydroxylation sites is 1. The fourth-order valence-electron chi connectivity index (χ4n) is 2.91. The molecule has 0 radical (unpaired) electrons. The van der Waals surface area contributed by atoms with E-state index in [-0.39, 0.29) is 16.7 Å². The summed E-state index contributed by atoms with van der Waals surface area (Å²) in [5, 5.41) is 2.31. The predicted octanol–water partition coefficient (Wildman–Crippen LogP) is 4.89. The van der Waals surface area contributed by atoms with Crippen LogP contribution in [0.5, 0.6) is 0 Å². The van der Waals surface area contributed by atoms with Gasteiger partial charge >= 0.3 is 0 Å². The smallest absolute Gasteiger partial charge is 0.0952 e. The van der Waals surface area contributed by atoms with Crippen molar-refractivity contribution in [1.29, 1.82) is 0 Å². The Morgan fingerprint density at radius 2 is 1.67 bits per heavy atom. The first-order chi connectivity index (χ1) is 11.8. The van der Waals surface area contributed by atoms with E-state index in [1.54, 1.807) is 0 Å². The van der Waals surface area contributed by atoms with E-state index in [9.17, 15) is 0 Å². The van der Waals surface area contributed by atoms with E-state index in [1.807, 2.05) is 18.7 Å². The van der Waals surface area contributed by atoms with Crippen LogP contribution in [0.3, 0.4) is 0 Å². The Morgan fingerprint density at radius 3 is 2.33 bits per heavy atom. The van der Waals surface area contributed by atoms with Gasteiger partial charge in [-0.15, -0.1) is 0 Å². The molecule has 0 spiro atoms. The molecule has 1 aliphatic rings. The summed E-state index contributed by atoms with van der Waals surface area (Å²) in [5.74, 6) is 0. The van der Waals surface area contributed by atoms with Crippen LogP contribution in [0.1, 0.15) is 13.0 Å². The molecule has 1 aliphatic heterocycles. The van der Waals surface area contributed by atoms with Crippen LogP contribution in [0, 0.1) is 0 Å². The van der Waals surface area contributed by atoms with Crippen molar-refractivity contribution in [3.63, 3.8) is 0 Å². The van der Waals surface area contributed by atoms with Crippen molar-refractivity contribution in [2.45, 2.75) is 17.9 Å². The van der Waals surface area contributed by atoms with Crippen LogP contribution in [0.2, 0.25) is 0 Å². The number of allylic oxidation sites excluding steroid dienone is 2. The molecule has 0 fully saturated rings. The van der Waals surface area contributed by atoms with Gasteiger partial charge in [0.1, 0.15) is 0 Å². The standard InChI is InChI=1S/C20H19N3S/c1-17(22-14-13-21-16-22)20-12-15-24(19-10-6-3-7-11-19)23(20)18-8-4-2-5-9-18/h2-17H,1H3. The van der Waals surface area contributed by atoms with Crippen LogP contribution in [0.25, 0.3) is 0 Å². The van der Waals surface area contributed by atoms with E-state index in [0.29, 0.717) is 0 Å². The number of hydrogen-bond donors (Lipinski definition) is 0. The van der Waals surface area contributed by atoms with Gasteiger partial charge in [-0.1, -0.05) is 47.1 Å². The second-order valence-corrected chi connectivity index (χ2v) is 7.41. The van der Waals surface area contributed by atoms with Crippen LogP contribution < -0.4 is 4.31 Å². The molecular formula is C20H19N3S. The van der Waals surface area contributed by atoms with Crippen LogP contribution in [0.4, 0.5) is 5.69 Å². The van der Waals surface area contributed by atoms with Crippen molar-refractivity contribution >= 4 is 21.7 Å². The Bertz CT molecular complexity index is 868. The largest absolute Gasteiger partial charge is 0.329 e. The molecule has 0 saturated carbocycles. The van der Waals surface area contributed by atoms with Crippen LogP contribution >= 0.6 is 10.7 Å². The number of aromatic nitrogens is 2. The molecule has 2 heterocycles. The number of hydrogen-bond acceptors (Lipinski definition) is 2. The van der Waals surface area contributed by atoms with Crippen molar-refractivity contribution in [2.24, 2.45) is 0 Å². The summed E-state index contributed by atoms with van der Waals surface area (Å²) in [4.78, 5) is 5.52. The molecule has 2 aromatic carbocycles. The second kappa shape index (κ2) is 6.49. The van der Waals surface area contributed by atoms with Crippen molar-refractivity contribution in [1.82, 2.24) is 9.55 Å². The van der Waals surface area contributed by atoms with Crippen molar-refractivity contribution < 1.29 is 0 Å². The molecule has 4 heteroatoms. The molecule has 4 rings (SSSR count). The highest BCUT2D eigenvalue weighted by molar-refractivity contribution is 8.16. The monoisotopic (exact) mass is 333 g/mol. The number of imidazole rings is 1. The van der Waals surface area contributed by atoms with Gasteiger partial charge in [-0.2, -0.15) is 0 Å². The maximum atomic E-state index is 4.20. The zero-order chi connectivity index (χ0) is 16.4. The van der Waals surface area contributed by atoms with Gasteiger partial charge in [-0.3, -0.25) is 4.31 Å². The normalized spacial score (nSPS) is 18.1. The third kappa shape index (κ3) is 2.69. The Labute approximate surface area is 145 Å². The maximum absolute atomic E-state index is 4.20. The average Bonchev–Trinajstić information content (AvgIpc) is 3.32. The van der Waals surface area contributed by atoms with Crippen molar-refractivity contribution in [3.8, 4) is 0 Å². The summed E-state index contributed by atoms with van der Waals surface area (Å²) in [5.41, 5.74) is 2.50. The first-order valence-electron chi connectivity index (χ1n) is 8.00. The van der Waals surface area contributed by atoms with E-state index in [2.05, 4.69) is 92.9 Å². The van der Waals surface area contributed by atoms with Gasteiger partial charge in [-0.25, -0.2) is 4.98 Å². The highest BCUT2D eigenvalue weighted by Gasteiger charge is 2.25. The quantitative estimate of drug-likeness (QED) is 0.634. The fourth-order valence-corrected chi connectivity index (χ4v) is 4.89. The van der Waals surface area contributed by atoms with Crippen LogP contribution in [0.15, 0.2) is 96.1 Å². The van der Waals surface area contributed by atoms with E-state index in [0.717, 1.165) is 0 Å². The summed E-state index contributed by atoms with van der Waals surface area (Å²) >= 11 is 0. The van der Waals surface area contributed by atoms with Gasteiger partial charge in [-0.05, 0) is 42.6 Å². The summed E-state index contributed by atoms with van der Waals surface area (Å²) in [6.07, 6.45) is 7.99. The highest BCUT2D eigenvalue weighted by Crippen LogP contribution is 2.44. The van der Waals surface area contributed by atoms with E-state index in [1.165, 1.54) is 16.3 Å². The fraction of sp³-hybridized carbons (Fsp3) is 0.100. The maximum Gasteiger partial charge on any atom is 0.0952 e. The van der Waals surface area contributed by atoms with Gasteiger partial charge in [0, 0.05) is 17.3 Å². The Balaban J connectivity index is 1.76. The number of nitrogens with zero attached hydrogens (tertiary/aromatic N) is 3. The molecule has 3 nitrogen and oxygen atoms in total.